The molecule has 0 saturated carbocycles. The van der Waals surface area contributed by atoms with Gasteiger partial charge in [0.15, 0.2) is 0 Å². The number of ether oxygens (including phenoxy) is 1. The van der Waals surface area contributed by atoms with Crippen molar-refractivity contribution in [2.24, 2.45) is 0 Å². The fourth-order valence-corrected chi connectivity index (χ4v) is 2.07. The lowest BCUT2D eigenvalue weighted by Crippen LogP contribution is -2.14. The largest absolute Gasteiger partial charge is 0.390 e. The van der Waals surface area contributed by atoms with Crippen molar-refractivity contribution in [2.45, 2.75) is 12.0 Å². The number of aliphatic hydroxyl groups is 1. The van der Waals surface area contributed by atoms with Crippen molar-refractivity contribution >= 4 is 11.3 Å². The maximum atomic E-state index is 9.44. The molecule has 0 unspecified atom stereocenters. The zero-order valence-electron chi connectivity index (χ0n) is 6.06. The molecule has 11 heavy (non-hydrogen) atoms. The van der Waals surface area contributed by atoms with Crippen LogP contribution in [0, 0.1) is 0 Å². The molecule has 0 radical (unpaired) electrons. The minimum absolute atomic E-state index is 0.209. The van der Waals surface area contributed by atoms with Gasteiger partial charge in [-0.2, -0.15) is 11.3 Å². The van der Waals surface area contributed by atoms with Gasteiger partial charge in [0.25, 0.3) is 0 Å². The maximum absolute atomic E-state index is 9.44. The third kappa shape index (κ3) is 1.31. The number of hydrogen-bond donors (Lipinski definition) is 1. The molecular formula is C8H10O2S. The van der Waals surface area contributed by atoms with Gasteiger partial charge in [0.2, 0.25) is 0 Å². The van der Waals surface area contributed by atoms with E-state index in [1.165, 1.54) is 5.56 Å². The summed E-state index contributed by atoms with van der Waals surface area (Å²) in [4.78, 5) is 0. The average Bonchev–Trinajstić information content (AvgIpc) is 2.55. The number of hydrogen-bond acceptors (Lipinski definition) is 3. The fraction of sp³-hybridized carbons (Fsp3) is 0.500. The van der Waals surface area contributed by atoms with E-state index in [4.69, 9.17) is 4.74 Å². The third-order valence-electron chi connectivity index (χ3n) is 2.02. The number of thiophene rings is 1. The fourth-order valence-electron chi connectivity index (χ4n) is 1.35. The Morgan fingerprint density at radius 3 is 3.00 bits per heavy atom. The molecular weight excluding hydrogens is 160 g/mol. The van der Waals surface area contributed by atoms with Crippen molar-refractivity contribution in [1.82, 2.24) is 0 Å². The van der Waals surface area contributed by atoms with Gasteiger partial charge in [0.1, 0.15) is 0 Å². The molecule has 1 aliphatic heterocycles. The maximum Gasteiger partial charge on any atom is 0.0864 e. The summed E-state index contributed by atoms with van der Waals surface area (Å²) < 4.78 is 5.15. The van der Waals surface area contributed by atoms with Crippen molar-refractivity contribution < 1.29 is 9.84 Å². The molecule has 0 amide bonds. The second kappa shape index (κ2) is 2.93. The van der Waals surface area contributed by atoms with Crippen molar-refractivity contribution in [3.05, 3.63) is 22.4 Å². The van der Waals surface area contributed by atoms with Crippen LogP contribution in [-0.4, -0.2) is 24.4 Å². The Balaban J connectivity index is 2.16. The molecule has 1 saturated heterocycles. The highest BCUT2D eigenvalue weighted by Gasteiger charge is 2.27. The summed E-state index contributed by atoms with van der Waals surface area (Å²) in [5.41, 5.74) is 1.21. The Hall–Kier alpha value is -0.380. The predicted octanol–water partition coefficient (Wildman–Crippen LogP) is 1.22. The molecule has 0 spiro atoms. The van der Waals surface area contributed by atoms with Gasteiger partial charge in [-0.15, -0.1) is 0 Å². The van der Waals surface area contributed by atoms with E-state index in [1.54, 1.807) is 11.3 Å². The Kier molecular flexibility index (Phi) is 1.94. The second-order valence-electron chi connectivity index (χ2n) is 2.77. The lowest BCUT2D eigenvalue weighted by atomic mass is 10.00. The summed E-state index contributed by atoms with van der Waals surface area (Å²) in [5.74, 6) is 0.209. The second-order valence-corrected chi connectivity index (χ2v) is 3.55. The van der Waals surface area contributed by atoms with Crippen LogP contribution in [-0.2, 0) is 4.74 Å². The molecule has 1 fully saturated rings. The number of aliphatic hydroxyl groups excluding tert-OH is 1. The van der Waals surface area contributed by atoms with Crippen LogP contribution in [0.15, 0.2) is 16.8 Å². The standard InChI is InChI=1S/C8H10O2S/c9-8-4-10-3-7(8)6-1-2-11-5-6/h1-2,5,7-9H,3-4H2/t7-,8+/m0/s1. The van der Waals surface area contributed by atoms with Gasteiger partial charge in [-0.1, -0.05) is 0 Å². The van der Waals surface area contributed by atoms with E-state index in [0.29, 0.717) is 13.2 Å². The van der Waals surface area contributed by atoms with Gasteiger partial charge < -0.3 is 9.84 Å². The van der Waals surface area contributed by atoms with Crippen molar-refractivity contribution in [3.8, 4) is 0 Å². The van der Waals surface area contributed by atoms with Crippen molar-refractivity contribution in [2.75, 3.05) is 13.2 Å². The van der Waals surface area contributed by atoms with E-state index in [2.05, 4.69) is 5.38 Å². The normalized spacial score (nSPS) is 31.0. The summed E-state index contributed by atoms with van der Waals surface area (Å²) >= 11 is 1.66. The van der Waals surface area contributed by atoms with E-state index in [9.17, 15) is 5.11 Å². The Morgan fingerprint density at radius 1 is 1.55 bits per heavy atom. The highest BCUT2D eigenvalue weighted by molar-refractivity contribution is 7.07. The summed E-state index contributed by atoms with van der Waals surface area (Å²) in [5, 5.41) is 13.5. The van der Waals surface area contributed by atoms with Crippen LogP contribution < -0.4 is 0 Å². The highest BCUT2D eigenvalue weighted by Crippen LogP contribution is 2.26. The first-order chi connectivity index (χ1) is 5.38. The molecule has 1 aliphatic rings. The van der Waals surface area contributed by atoms with E-state index >= 15 is 0 Å². The SMILES string of the molecule is O[C@@H]1COC[C@H]1c1ccsc1. The van der Waals surface area contributed by atoms with Crippen LogP contribution in [0.25, 0.3) is 0 Å². The molecule has 0 aromatic carbocycles. The molecule has 0 bridgehead atoms. The molecule has 0 aliphatic carbocycles. The van der Waals surface area contributed by atoms with Crippen LogP contribution in [0.2, 0.25) is 0 Å². The molecule has 2 atom stereocenters. The summed E-state index contributed by atoms with van der Waals surface area (Å²) in [6.45, 7) is 1.15. The lowest BCUT2D eigenvalue weighted by molar-refractivity contribution is 0.124. The lowest BCUT2D eigenvalue weighted by Gasteiger charge is -2.08. The van der Waals surface area contributed by atoms with Crippen LogP contribution in [0.4, 0.5) is 0 Å². The molecule has 1 N–H and O–H groups in total. The average molecular weight is 170 g/mol. The molecule has 2 heterocycles. The minimum Gasteiger partial charge on any atom is -0.390 e. The van der Waals surface area contributed by atoms with Crippen LogP contribution >= 0.6 is 11.3 Å². The van der Waals surface area contributed by atoms with E-state index in [0.717, 1.165) is 0 Å². The zero-order valence-corrected chi connectivity index (χ0v) is 6.88. The summed E-state index contributed by atoms with van der Waals surface area (Å²) in [6.07, 6.45) is -0.301. The molecule has 3 heteroatoms. The predicted molar refractivity (Wildman–Crippen MR) is 43.9 cm³/mol. The summed E-state index contributed by atoms with van der Waals surface area (Å²) in [7, 11) is 0. The zero-order chi connectivity index (χ0) is 7.68. The Morgan fingerprint density at radius 2 is 2.45 bits per heavy atom. The topological polar surface area (TPSA) is 29.5 Å². The van der Waals surface area contributed by atoms with E-state index in [-0.39, 0.29) is 12.0 Å². The van der Waals surface area contributed by atoms with Crippen LogP contribution in [0.1, 0.15) is 11.5 Å². The molecule has 2 nitrogen and oxygen atoms in total. The number of rotatable bonds is 1. The first-order valence-electron chi connectivity index (χ1n) is 3.66. The van der Waals surface area contributed by atoms with Crippen molar-refractivity contribution in [1.29, 1.82) is 0 Å². The van der Waals surface area contributed by atoms with Gasteiger partial charge in [-0.3, -0.25) is 0 Å². The smallest absolute Gasteiger partial charge is 0.0864 e. The van der Waals surface area contributed by atoms with Crippen LogP contribution in [0.5, 0.6) is 0 Å². The Bertz CT molecular complexity index is 220. The van der Waals surface area contributed by atoms with E-state index < -0.39 is 0 Å². The molecule has 2 rings (SSSR count). The minimum atomic E-state index is -0.301. The van der Waals surface area contributed by atoms with Crippen molar-refractivity contribution in [3.63, 3.8) is 0 Å². The van der Waals surface area contributed by atoms with E-state index in [1.807, 2.05) is 11.4 Å². The van der Waals surface area contributed by atoms with Gasteiger partial charge in [0.05, 0.1) is 19.3 Å². The van der Waals surface area contributed by atoms with Gasteiger partial charge in [-0.05, 0) is 22.4 Å². The Labute approximate surface area is 69.4 Å². The third-order valence-corrected chi connectivity index (χ3v) is 2.72. The molecule has 1 aromatic rings. The van der Waals surface area contributed by atoms with Gasteiger partial charge >= 0.3 is 0 Å². The monoisotopic (exact) mass is 170 g/mol. The first-order valence-corrected chi connectivity index (χ1v) is 4.60. The van der Waals surface area contributed by atoms with Gasteiger partial charge in [-0.25, -0.2) is 0 Å². The first kappa shape index (κ1) is 7.28. The quantitative estimate of drug-likeness (QED) is 0.686. The summed E-state index contributed by atoms with van der Waals surface area (Å²) in [6, 6.07) is 2.05. The highest BCUT2D eigenvalue weighted by atomic mass is 32.1. The van der Waals surface area contributed by atoms with Crippen LogP contribution in [0.3, 0.4) is 0 Å². The molecule has 1 aromatic heterocycles. The van der Waals surface area contributed by atoms with Gasteiger partial charge in [0, 0.05) is 5.92 Å². The molecule has 60 valence electrons.